The van der Waals surface area contributed by atoms with Gasteiger partial charge in [0.15, 0.2) is 0 Å². The predicted molar refractivity (Wildman–Crippen MR) is 98.1 cm³/mol. The summed E-state index contributed by atoms with van der Waals surface area (Å²) < 4.78 is 16.5. The Kier molecular flexibility index (Phi) is 7.68. The number of methoxy groups -OCH3 is 1. The number of carbonyl (C=O) groups excluding carboxylic acids is 1. The van der Waals surface area contributed by atoms with Gasteiger partial charge in [-0.3, -0.25) is 9.69 Å². The molecule has 140 valence electrons. The molecule has 1 heterocycles. The summed E-state index contributed by atoms with van der Waals surface area (Å²) in [6, 6.07) is 7.45. The van der Waals surface area contributed by atoms with Crippen LogP contribution in [0.25, 0.3) is 0 Å². The van der Waals surface area contributed by atoms with Crippen LogP contribution in [0.2, 0.25) is 0 Å². The average Bonchev–Trinajstić information content (AvgIpc) is 2.64. The van der Waals surface area contributed by atoms with Crippen molar-refractivity contribution in [2.75, 3.05) is 51.9 Å². The molecule has 1 aliphatic heterocycles. The number of hydrogen-bond acceptors (Lipinski definition) is 5. The summed E-state index contributed by atoms with van der Waals surface area (Å²) in [4.78, 5) is 14.7. The van der Waals surface area contributed by atoms with Gasteiger partial charge in [-0.25, -0.2) is 0 Å². The van der Waals surface area contributed by atoms with Crippen LogP contribution in [0.15, 0.2) is 24.3 Å². The molecule has 2 rings (SSSR count). The molecule has 0 radical (unpaired) electrons. The van der Waals surface area contributed by atoms with Crippen molar-refractivity contribution < 1.29 is 19.0 Å². The van der Waals surface area contributed by atoms with Crippen LogP contribution < -0.4 is 10.1 Å². The van der Waals surface area contributed by atoms with Crippen molar-refractivity contribution in [3.05, 3.63) is 24.3 Å². The van der Waals surface area contributed by atoms with E-state index in [1.54, 1.807) is 7.11 Å². The third-order valence-corrected chi connectivity index (χ3v) is 4.55. The van der Waals surface area contributed by atoms with Crippen LogP contribution in [0.3, 0.4) is 0 Å². The normalized spacial score (nSPS) is 17.7. The molecule has 0 saturated carbocycles. The van der Waals surface area contributed by atoms with Crippen molar-refractivity contribution >= 4 is 11.6 Å². The highest BCUT2D eigenvalue weighted by Gasteiger charge is 2.32. The van der Waals surface area contributed by atoms with E-state index in [1.165, 1.54) is 0 Å². The lowest BCUT2D eigenvalue weighted by molar-refractivity contribution is -0.136. The van der Waals surface area contributed by atoms with Crippen molar-refractivity contribution in [2.24, 2.45) is 0 Å². The number of hydrogen-bond donors (Lipinski definition) is 1. The highest BCUT2D eigenvalue weighted by molar-refractivity contribution is 5.97. The number of nitrogens with one attached hydrogen (secondary N) is 1. The van der Waals surface area contributed by atoms with E-state index in [0.717, 1.165) is 50.7 Å². The molecule has 0 aliphatic carbocycles. The van der Waals surface area contributed by atoms with Gasteiger partial charge in [-0.2, -0.15) is 0 Å². The third-order valence-electron chi connectivity index (χ3n) is 4.55. The van der Waals surface area contributed by atoms with Crippen LogP contribution in [-0.4, -0.2) is 63.0 Å². The molecule has 1 aromatic rings. The summed E-state index contributed by atoms with van der Waals surface area (Å²) in [5.74, 6) is 0.673. The monoisotopic (exact) mass is 350 g/mol. The molecular formula is C19H30N2O4. The average molecular weight is 350 g/mol. The Bertz CT molecular complexity index is 529. The Morgan fingerprint density at radius 3 is 2.56 bits per heavy atom. The van der Waals surface area contributed by atoms with Gasteiger partial charge in [0, 0.05) is 32.4 Å². The van der Waals surface area contributed by atoms with E-state index in [9.17, 15) is 4.79 Å². The maximum absolute atomic E-state index is 12.4. The van der Waals surface area contributed by atoms with E-state index < -0.39 is 5.60 Å². The van der Waals surface area contributed by atoms with Crippen LogP contribution in [0.4, 0.5) is 5.69 Å². The number of morpholine rings is 1. The number of benzene rings is 1. The van der Waals surface area contributed by atoms with Crippen molar-refractivity contribution in [3.63, 3.8) is 0 Å². The molecule has 1 fully saturated rings. The van der Waals surface area contributed by atoms with Gasteiger partial charge in [0.05, 0.1) is 13.2 Å². The molecule has 1 atom stereocenters. The third kappa shape index (κ3) is 5.99. The topological polar surface area (TPSA) is 60.0 Å². The summed E-state index contributed by atoms with van der Waals surface area (Å²) in [5.41, 5.74) is -0.0628. The van der Waals surface area contributed by atoms with E-state index in [-0.39, 0.29) is 5.91 Å². The van der Waals surface area contributed by atoms with Crippen molar-refractivity contribution in [2.45, 2.75) is 32.3 Å². The fraction of sp³-hybridized carbons (Fsp3) is 0.632. The zero-order valence-electron chi connectivity index (χ0n) is 15.5. The first-order chi connectivity index (χ1) is 12.1. The van der Waals surface area contributed by atoms with E-state index in [2.05, 4.69) is 10.2 Å². The lowest BCUT2D eigenvalue weighted by atomic mass is 9.99. The van der Waals surface area contributed by atoms with Gasteiger partial charge < -0.3 is 19.5 Å². The predicted octanol–water partition coefficient (Wildman–Crippen LogP) is 2.54. The first kappa shape index (κ1) is 19.7. The Hall–Kier alpha value is -1.63. The molecule has 1 saturated heterocycles. The molecule has 6 nitrogen and oxygen atoms in total. The lowest BCUT2D eigenvalue weighted by Gasteiger charge is -2.26. The van der Waals surface area contributed by atoms with Gasteiger partial charge in [-0.15, -0.1) is 0 Å². The number of rotatable bonds is 9. The first-order valence-electron chi connectivity index (χ1n) is 8.97. The van der Waals surface area contributed by atoms with Crippen LogP contribution >= 0.6 is 0 Å². The lowest BCUT2D eigenvalue weighted by Crippen LogP contribution is -2.41. The second kappa shape index (κ2) is 9.75. The molecule has 1 aliphatic rings. The SMILES string of the molecule is CCC[C@](C)(OC)C(=O)Nc1ccc(OCCN2CCOCC2)cc1. The van der Waals surface area contributed by atoms with Crippen molar-refractivity contribution in [3.8, 4) is 5.75 Å². The number of amides is 1. The first-order valence-corrected chi connectivity index (χ1v) is 8.97. The highest BCUT2D eigenvalue weighted by atomic mass is 16.5. The molecule has 0 unspecified atom stereocenters. The van der Waals surface area contributed by atoms with Crippen LogP contribution in [0.1, 0.15) is 26.7 Å². The number of anilines is 1. The smallest absolute Gasteiger partial charge is 0.256 e. The van der Waals surface area contributed by atoms with Crippen molar-refractivity contribution in [1.82, 2.24) is 4.90 Å². The largest absolute Gasteiger partial charge is 0.492 e. The fourth-order valence-electron chi connectivity index (χ4n) is 2.80. The van der Waals surface area contributed by atoms with E-state index >= 15 is 0 Å². The summed E-state index contributed by atoms with van der Waals surface area (Å²) in [5, 5.41) is 2.91. The standard InChI is InChI=1S/C19H30N2O4/c1-4-9-19(2,23-3)18(22)20-16-5-7-17(8-6-16)25-15-12-21-10-13-24-14-11-21/h5-8H,4,9-15H2,1-3H3,(H,20,22)/t19-/m0/s1. The fourth-order valence-corrected chi connectivity index (χ4v) is 2.80. The van der Waals surface area contributed by atoms with E-state index in [4.69, 9.17) is 14.2 Å². The molecule has 1 N–H and O–H groups in total. The minimum absolute atomic E-state index is 0.127. The zero-order valence-corrected chi connectivity index (χ0v) is 15.5. The molecule has 25 heavy (non-hydrogen) atoms. The van der Waals surface area contributed by atoms with Gasteiger partial charge in [0.2, 0.25) is 0 Å². The van der Waals surface area contributed by atoms with Gasteiger partial charge >= 0.3 is 0 Å². The van der Waals surface area contributed by atoms with Gasteiger partial charge in [0.25, 0.3) is 5.91 Å². The maximum atomic E-state index is 12.4. The summed E-state index contributed by atoms with van der Waals surface area (Å²) in [6.07, 6.45) is 1.56. The second-order valence-corrected chi connectivity index (χ2v) is 6.47. The Morgan fingerprint density at radius 1 is 1.28 bits per heavy atom. The summed E-state index contributed by atoms with van der Waals surface area (Å²) >= 11 is 0. The Morgan fingerprint density at radius 2 is 1.96 bits per heavy atom. The van der Waals surface area contributed by atoms with Crippen molar-refractivity contribution in [1.29, 1.82) is 0 Å². The number of nitrogens with zero attached hydrogens (tertiary/aromatic N) is 1. The molecule has 1 amide bonds. The van der Waals surface area contributed by atoms with Gasteiger partial charge in [-0.05, 0) is 37.6 Å². The van der Waals surface area contributed by atoms with E-state index in [0.29, 0.717) is 13.0 Å². The van der Waals surface area contributed by atoms with Gasteiger partial charge in [-0.1, -0.05) is 13.3 Å². The summed E-state index contributed by atoms with van der Waals surface area (Å²) in [6.45, 7) is 8.91. The quantitative estimate of drug-likeness (QED) is 0.742. The van der Waals surface area contributed by atoms with Crippen LogP contribution in [-0.2, 0) is 14.3 Å². The Balaban J connectivity index is 1.79. The molecular weight excluding hydrogens is 320 g/mol. The number of carbonyl (C=O) groups is 1. The minimum atomic E-state index is -0.803. The zero-order chi connectivity index (χ0) is 18.1. The molecule has 0 bridgehead atoms. The summed E-state index contributed by atoms with van der Waals surface area (Å²) in [7, 11) is 1.57. The Labute approximate surface area is 150 Å². The molecule has 6 heteroatoms. The highest BCUT2D eigenvalue weighted by Crippen LogP contribution is 2.21. The van der Waals surface area contributed by atoms with E-state index in [1.807, 2.05) is 38.1 Å². The number of ether oxygens (including phenoxy) is 3. The maximum Gasteiger partial charge on any atom is 0.256 e. The second-order valence-electron chi connectivity index (χ2n) is 6.47. The minimum Gasteiger partial charge on any atom is -0.492 e. The molecule has 1 aromatic carbocycles. The molecule has 0 spiro atoms. The van der Waals surface area contributed by atoms with Crippen LogP contribution in [0, 0.1) is 0 Å². The molecule has 0 aromatic heterocycles. The van der Waals surface area contributed by atoms with Crippen LogP contribution in [0.5, 0.6) is 5.75 Å². The van der Waals surface area contributed by atoms with Gasteiger partial charge in [0.1, 0.15) is 18.0 Å².